The van der Waals surface area contributed by atoms with E-state index in [0.717, 1.165) is 30.9 Å². The van der Waals surface area contributed by atoms with Gasteiger partial charge in [0.15, 0.2) is 0 Å². The second kappa shape index (κ2) is 6.01. The Labute approximate surface area is 128 Å². The Hall–Kier alpha value is -1.63. The molecule has 3 heterocycles. The van der Waals surface area contributed by atoms with Crippen LogP contribution in [0.4, 0.5) is 0 Å². The minimum absolute atomic E-state index is 0. The molecule has 6 nitrogen and oxygen atoms in total. The molecule has 0 saturated carbocycles. The van der Waals surface area contributed by atoms with Crippen LogP contribution in [0.5, 0.6) is 5.75 Å². The van der Waals surface area contributed by atoms with Crippen LogP contribution in [-0.2, 0) is 11.2 Å². The van der Waals surface area contributed by atoms with E-state index in [1.165, 1.54) is 5.56 Å². The summed E-state index contributed by atoms with van der Waals surface area (Å²) in [6, 6.07) is 5.99. The zero-order valence-corrected chi connectivity index (χ0v) is 12.2. The molecule has 7 heteroatoms. The number of aromatic nitrogens is 2. The van der Waals surface area contributed by atoms with Crippen molar-refractivity contribution < 1.29 is 14.0 Å². The third-order valence-corrected chi connectivity index (χ3v) is 3.59. The molecule has 2 aliphatic rings. The highest BCUT2D eigenvalue weighted by Crippen LogP contribution is 2.30. The third-order valence-electron chi connectivity index (χ3n) is 3.59. The molecule has 0 bridgehead atoms. The number of nitrogens with zero attached hydrogens (tertiary/aromatic N) is 2. The monoisotopic (exact) mass is 309 g/mol. The van der Waals surface area contributed by atoms with Gasteiger partial charge in [-0.3, -0.25) is 0 Å². The molecular formula is C14H16ClN3O3. The first-order valence-corrected chi connectivity index (χ1v) is 6.82. The second-order valence-electron chi connectivity index (χ2n) is 4.94. The van der Waals surface area contributed by atoms with Crippen LogP contribution in [0.3, 0.4) is 0 Å². The molecule has 112 valence electrons. The molecule has 2 aromatic rings. The molecule has 0 spiro atoms. The Morgan fingerprint density at radius 3 is 3.05 bits per heavy atom. The number of hydrogen-bond acceptors (Lipinski definition) is 6. The van der Waals surface area contributed by atoms with Crippen LogP contribution in [0.2, 0.25) is 0 Å². The molecule has 4 rings (SSSR count). The predicted molar refractivity (Wildman–Crippen MR) is 77.7 cm³/mol. The number of benzene rings is 1. The summed E-state index contributed by atoms with van der Waals surface area (Å²) in [5, 5.41) is 7.30. The number of fused-ring (bicyclic) bond motifs is 1. The van der Waals surface area contributed by atoms with E-state index in [1.54, 1.807) is 0 Å². The highest BCUT2D eigenvalue weighted by molar-refractivity contribution is 5.85. The average molecular weight is 310 g/mol. The zero-order chi connectivity index (χ0) is 13.4. The molecule has 0 amide bonds. The van der Waals surface area contributed by atoms with Gasteiger partial charge in [0.2, 0.25) is 5.82 Å². The molecule has 1 N–H and O–H groups in total. The SMILES string of the molecule is Cl.c1cc2c(cc1-c1noc(C3CNCCO3)n1)CCO2. The normalized spacial score (nSPS) is 20.5. The Morgan fingerprint density at radius 1 is 1.24 bits per heavy atom. The summed E-state index contributed by atoms with van der Waals surface area (Å²) in [6.07, 6.45) is 0.784. The maximum Gasteiger partial charge on any atom is 0.257 e. The molecule has 0 aliphatic carbocycles. The van der Waals surface area contributed by atoms with E-state index in [1.807, 2.05) is 12.1 Å². The van der Waals surface area contributed by atoms with Gasteiger partial charge in [0, 0.05) is 25.1 Å². The molecular weight excluding hydrogens is 294 g/mol. The lowest BCUT2D eigenvalue weighted by atomic mass is 10.1. The van der Waals surface area contributed by atoms with Crippen LogP contribution in [-0.4, -0.2) is 36.4 Å². The van der Waals surface area contributed by atoms with Crippen molar-refractivity contribution in [1.29, 1.82) is 0 Å². The minimum atomic E-state index is -0.150. The fourth-order valence-corrected chi connectivity index (χ4v) is 2.53. The van der Waals surface area contributed by atoms with Crippen molar-refractivity contribution in [1.82, 2.24) is 15.5 Å². The van der Waals surface area contributed by atoms with Crippen molar-refractivity contribution in [2.75, 3.05) is 26.3 Å². The average Bonchev–Trinajstić information content (AvgIpc) is 3.16. The zero-order valence-electron chi connectivity index (χ0n) is 11.4. The van der Waals surface area contributed by atoms with E-state index in [9.17, 15) is 0 Å². The largest absolute Gasteiger partial charge is 0.493 e. The van der Waals surface area contributed by atoms with Gasteiger partial charge in [0.25, 0.3) is 5.89 Å². The Kier molecular flexibility index (Phi) is 4.10. The first-order valence-electron chi connectivity index (χ1n) is 6.82. The van der Waals surface area contributed by atoms with Crippen molar-refractivity contribution in [3.63, 3.8) is 0 Å². The van der Waals surface area contributed by atoms with Crippen LogP contribution in [0.15, 0.2) is 22.7 Å². The number of ether oxygens (including phenoxy) is 2. The summed E-state index contributed by atoms with van der Waals surface area (Å²) < 4.78 is 16.4. The summed E-state index contributed by atoms with van der Waals surface area (Å²) in [5.74, 6) is 2.09. The quantitative estimate of drug-likeness (QED) is 0.911. The first kappa shape index (κ1) is 14.3. The summed E-state index contributed by atoms with van der Waals surface area (Å²) in [4.78, 5) is 4.45. The van der Waals surface area contributed by atoms with E-state index in [-0.39, 0.29) is 18.5 Å². The number of halogens is 1. The topological polar surface area (TPSA) is 69.4 Å². The lowest BCUT2D eigenvalue weighted by molar-refractivity contribution is 0.00755. The van der Waals surface area contributed by atoms with Gasteiger partial charge in [0.05, 0.1) is 13.2 Å². The van der Waals surface area contributed by atoms with E-state index < -0.39 is 0 Å². The van der Waals surface area contributed by atoms with Gasteiger partial charge < -0.3 is 19.3 Å². The van der Waals surface area contributed by atoms with E-state index in [2.05, 4.69) is 21.5 Å². The Balaban J connectivity index is 0.00000132. The van der Waals surface area contributed by atoms with Gasteiger partial charge >= 0.3 is 0 Å². The molecule has 1 atom stereocenters. The number of nitrogens with one attached hydrogen (secondary N) is 1. The van der Waals surface area contributed by atoms with Crippen molar-refractivity contribution in [3.05, 3.63) is 29.7 Å². The second-order valence-corrected chi connectivity index (χ2v) is 4.94. The molecule has 1 aromatic carbocycles. The van der Waals surface area contributed by atoms with Gasteiger partial charge in [0.1, 0.15) is 11.9 Å². The Bertz CT molecular complexity index is 626. The molecule has 1 saturated heterocycles. The highest BCUT2D eigenvalue weighted by Gasteiger charge is 2.23. The summed E-state index contributed by atoms with van der Waals surface area (Å²) in [5.41, 5.74) is 2.15. The predicted octanol–water partition coefficient (Wildman–Crippen LogP) is 1.75. The molecule has 2 aliphatic heterocycles. The lowest BCUT2D eigenvalue weighted by Gasteiger charge is -2.19. The van der Waals surface area contributed by atoms with Crippen molar-refractivity contribution >= 4 is 12.4 Å². The molecule has 1 unspecified atom stereocenters. The highest BCUT2D eigenvalue weighted by atomic mass is 35.5. The maximum absolute atomic E-state index is 5.61. The lowest BCUT2D eigenvalue weighted by Crippen LogP contribution is -2.33. The smallest absolute Gasteiger partial charge is 0.257 e. The molecule has 0 radical (unpaired) electrons. The van der Waals surface area contributed by atoms with Crippen molar-refractivity contribution in [2.24, 2.45) is 0 Å². The number of hydrogen-bond donors (Lipinski definition) is 1. The van der Waals surface area contributed by atoms with E-state index in [0.29, 0.717) is 24.9 Å². The van der Waals surface area contributed by atoms with Crippen LogP contribution in [0.1, 0.15) is 17.6 Å². The van der Waals surface area contributed by atoms with Gasteiger partial charge in [-0.15, -0.1) is 12.4 Å². The minimum Gasteiger partial charge on any atom is -0.493 e. The van der Waals surface area contributed by atoms with Crippen molar-refractivity contribution in [2.45, 2.75) is 12.5 Å². The maximum atomic E-state index is 5.61. The van der Waals surface area contributed by atoms with Gasteiger partial charge in [-0.25, -0.2) is 0 Å². The molecule has 1 aromatic heterocycles. The van der Waals surface area contributed by atoms with Crippen LogP contribution < -0.4 is 10.1 Å². The summed E-state index contributed by atoms with van der Waals surface area (Å²) in [6.45, 7) is 2.98. The van der Waals surface area contributed by atoms with E-state index in [4.69, 9.17) is 14.0 Å². The third kappa shape index (κ3) is 2.74. The van der Waals surface area contributed by atoms with Crippen LogP contribution in [0, 0.1) is 0 Å². The van der Waals surface area contributed by atoms with Gasteiger partial charge in [-0.05, 0) is 23.8 Å². The van der Waals surface area contributed by atoms with Crippen LogP contribution in [0.25, 0.3) is 11.4 Å². The fraction of sp³-hybridized carbons (Fsp3) is 0.429. The molecule has 21 heavy (non-hydrogen) atoms. The fourth-order valence-electron chi connectivity index (χ4n) is 2.53. The van der Waals surface area contributed by atoms with Crippen LogP contribution >= 0.6 is 12.4 Å². The first-order chi connectivity index (χ1) is 9.90. The Morgan fingerprint density at radius 2 is 2.19 bits per heavy atom. The number of morpholine rings is 1. The molecule has 1 fully saturated rings. The standard InChI is InChI=1S/C14H15N3O3.ClH/c1-2-11-9(3-5-18-11)7-10(1)13-16-14(20-17-13)12-8-15-4-6-19-12;/h1-2,7,12,15H,3-6,8H2;1H. The van der Waals surface area contributed by atoms with E-state index >= 15 is 0 Å². The van der Waals surface area contributed by atoms with Gasteiger partial charge in [-0.2, -0.15) is 4.98 Å². The van der Waals surface area contributed by atoms with Crippen molar-refractivity contribution in [3.8, 4) is 17.1 Å². The summed E-state index contributed by atoms with van der Waals surface area (Å²) in [7, 11) is 0. The number of rotatable bonds is 2. The summed E-state index contributed by atoms with van der Waals surface area (Å²) >= 11 is 0. The van der Waals surface area contributed by atoms with Gasteiger partial charge in [-0.1, -0.05) is 5.16 Å².